The first-order valence-electron chi connectivity index (χ1n) is 5.87. The predicted molar refractivity (Wildman–Crippen MR) is 72.0 cm³/mol. The van der Waals surface area contributed by atoms with Crippen molar-refractivity contribution in [2.24, 2.45) is 0 Å². The lowest BCUT2D eigenvalue weighted by atomic mass is 10.2. The fraction of sp³-hybridized carbons (Fsp3) is 0.0667. The fourth-order valence-electron chi connectivity index (χ4n) is 2.04. The van der Waals surface area contributed by atoms with Crippen LogP contribution in [0.2, 0.25) is 0 Å². The second-order valence-electron chi connectivity index (χ2n) is 4.22. The van der Waals surface area contributed by atoms with Gasteiger partial charge in [-0.05, 0) is 35.9 Å². The lowest BCUT2D eigenvalue weighted by Gasteiger charge is -2.05. The number of nitrogens with one attached hydrogen (secondary N) is 2. The molecule has 0 radical (unpaired) electrons. The third-order valence-electron chi connectivity index (χ3n) is 3.00. The molecule has 1 aromatic heterocycles. The van der Waals surface area contributed by atoms with Crippen LogP contribution >= 0.6 is 0 Å². The number of benzene rings is 2. The second-order valence-corrected chi connectivity index (χ2v) is 4.22. The molecule has 3 rings (SSSR count). The highest BCUT2D eigenvalue weighted by Crippen LogP contribution is 2.19. The molecular weight excluding hydrogens is 227 g/mol. The Labute approximate surface area is 104 Å². The van der Waals surface area contributed by atoms with Crippen LogP contribution in [-0.4, -0.2) is 4.98 Å². The minimum atomic E-state index is -0.215. The maximum absolute atomic E-state index is 12.8. The average Bonchev–Trinajstić information content (AvgIpc) is 2.82. The lowest BCUT2D eigenvalue weighted by molar-refractivity contribution is 0.628. The molecule has 0 bridgehead atoms. The monoisotopic (exact) mass is 240 g/mol. The molecule has 1 heterocycles. The predicted octanol–water partition coefficient (Wildman–Crippen LogP) is 3.92. The first-order valence-corrected chi connectivity index (χ1v) is 5.87. The van der Waals surface area contributed by atoms with Gasteiger partial charge < -0.3 is 10.3 Å². The van der Waals surface area contributed by atoms with E-state index in [1.165, 1.54) is 23.1 Å². The molecule has 0 unspecified atom stereocenters. The van der Waals surface area contributed by atoms with Gasteiger partial charge in [0.15, 0.2) is 0 Å². The number of rotatable bonds is 3. The fourth-order valence-corrected chi connectivity index (χ4v) is 2.04. The summed E-state index contributed by atoms with van der Waals surface area (Å²) >= 11 is 0. The Balaban J connectivity index is 1.79. The molecule has 0 aliphatic carbocycles. The number of para-hydroxylation sites is 1. The quantitative estimate of drug-likeness (QED) is 0.713. The van der Waals surface area contributed by atoms with E-state index in [0.717, 1.165) is 17.7 Å². The van der Waals surface area contributed by atoms with Gasteiger partial charge in [-0.3, -0.25) is 0 Å². The second kappa shape index (κ2) is 4.53. The topological polar surface area (TPSA) is 27.8 Å². The van der Waals surface area contributed by atoms with Gasteiger partial charge in [0.25, 0.3) is 0 Å². The number of fused-ring (bicyclic) bond motifs is 1. The molecule has 3 heteroatoms. The minimum absolute atomic E-state index is 0.215. The largest absolute Gasteiger partial charge is 0.381 e. The van der Waals surface area contributed by atoms with Gasteiger partial charge in [-0.25, -0.2) is 4.39 Å². The Hall–Kier alpha value is -2.29. The van der Waals surface area contributed by atoms with Gasteiger partial charge in [0.2, 0.25) is 0 Å². The molecule has 0 saturated carbocycles. The van der Waals surface area contributed by atoms with Crippen LogP contribution in [0.3, 0.4) is 0 Å². The van der Waals surface area contributed by atoms with Gasteiger partial charge in [-0.2, -0.15) is 0 Å². The highest BCUT2D eigenvalue weighted by atomic mass is 19.1. The first kappa shape index (κ1) is 10.8. The normalized spacial score (nSPS) is 10.7. The number of aromatic nitrogens is 1. The molecule has 90 valence electrons. The van der Waals surface area contributed by atoms with E-state index in [0.29, 0.717) is 0 Å². The van der Waals surface area contributed by atoms with Crippen molar-refractivity contribution >= 4 is 16.6 Å². The number of hydrogen-bond donors (Lipinski definition) is 2. The lowest BCUT2D eigenvalue weighted by Crippen LogP contribution is -1.98. The number of H-pyrrole nitrogens is 1. The molecular formula is C15H13FN2. The van der Waals surface area contributed by atoms with Crippen LogP contribution in [0.25, 0.3) is 10.9 Å². The minimum Gasteiger partial charge on any atom is -0.381 e. The third-order valence-corrected chi connectivity index (χ3v) is 3.00. The van der Waals surface area contributed by atoms with Crippen molar-refractivity contribution in [3.8, 4) is 0 Å². The Kier molecular flexibility index (Phi) is 2.73. The molecule has 0 spiro atoms. The summed E-state index contributed by atoms with van der Waals surface area (Å²) in [6.45, 7) is 0.718. The van der Waals surface area contributed by atoms with Gasteiger partial charge in [0, 0.05) is 29.3 Å². The smallest absolute Gasteiger partial charge is 0.123 e. The van der Waals surface area contributed by atoms with E-state index in [2.05, 4.69) is 22.4 Å². The Bertz CT molecular complexity index is 656. The average molecular weight is 240 g/mol. The maximum Gasteiger partial charge on any atom is 0.123 e. The van der Waals surface area contributed by atoms with Crippen LogP contribution in [0, 0.1) is 5.82 Å². The first-order chi connectivity index (χ1) is 8.83. The van der Waals surface area contributed by atoms with Crippen LogP contribution in [0.5, 0.6) is 0 Å². The zero-order chi connectivity index (χ0) is 12.4. The summed E-state index contributed by atoms with van der Waals surface area (Å²) in [7, 11) is 0. The SMILES string of the molecule is Fc1ccc(NCc2c[nH]c3ccccc23)cc1. The van der Waals surface area contributed by atoms with E-state index in [1.54, 1.807) is 12.1 Å². The molecule has 0 fully saturated rings. The summed E-state index contributed by atoms with van der Waals surface area (Å²) < 4.78 is 12.8. The molecule has 18 heavy (non-hydrogen) atoms. The van der Waals surface area contributed by atoms with Crippen LogP contribution in [0.4, 0.5) is 10.1 Å². The van der Waals surface area contributed by atoms with Crippen molar-refractivity contribution in [1.29, 1.82) is 0 Å². The van der Waals surface area contributed by atoms with Crippen molar-refractivity contribution in [2.75, 3.05) is 5.32 Å². The molecule has 3 aromatic rings. The van der Waals surface area contributed by atoms with E-state index in [9.17, 15) is 4.39 Å². The number of anilines is 1. The molecule has 0 atom stereocenters. The summed E-state index contributed by atoms with van der Waals surface area (Å²) in [6, 6.07) is 14.6. The van der Waals surface area contributed by atoms with Crippen molar-refractivity contribution in [2.45, 2.75) is 6.54 Å². The highest BCUT2D eigenvalue weighted by molar-refractivity contribution is 5.83. The third kappa shape index (κ3) is 2.07. The maximum atomic E-state index is 12.8. The summed E-state index contributed by atoms with van der Waals surface area (Å²) in [5, 5.41) is 4.49. The van der Waals surface area contributed by atoms with E-state index >= 15 is 0 Å². The molecule has 2 aromatic carbocycles. The van der Waals surface area contributed by atoms with E-state index in [4.69, 9.17) is 0 Å². The van der Waals surface area contributed by atoms with Gasteiger partial charge in [0.1, 0.15) is 5.82 Å². The molecule has 0 amide bonds. The number of halogens is 1. The summed E-state index contributed by atoms with van der Waals surface area (Å²) in [5.74, 6) is -0.215. The summed E-state index contributed by atoms with van der Waals surface area (Å²) in [5.41, 5.74) is 3.25. The number of aromatic amines is 1. The Morgan fingerprint density at radius 1 is 1.00 bits per heavy atom. The number of hydrogen-bond acceptors (Lipinski definition) is 1. The zero-order valence-electron chi connectivity index (χ0n) is 9.78. The summed E-state index contributed by atoms with van der Waals surface area (Å²) in [6.07, 6.45) is 2.00. The van der Waals surface area contributed by atoms with E-state index in [1.807, 2.05) is 18.3 Å². The van der Waals surface area contributed by atoms with Crippen molar-refractivity contribution in [3.63, 3.8) is 0 Å². The van der Waals surface area contributed by atoms with Gasteiger partial charge in [0.05, 0.1) is 0 Å². The van der Waals surface area contributed by atoms with Crippen LogP contribution in [0.15, 0.2) is 54.7 Å². The molecule has 2 N–H and O–H groups in total. The molecule has 0 saturated heterocycles. The van der Waals surface area contributed by atoms with Crippen LogP contribution in [-0.2, 0) is 6.54 Å². The van der Waals surface area contributed by atoms with Gasteiger partial charge in [-0.1, -0.05) is 18.2 Å². The van der Waals surface area contributed by atoms with Gasteiger partial charge >= 0.3 is 0 Å². The molecule has 0 aliphatic heterocycles. The van der Waals surface area contributed by atoms with Crippen molar-refractivity contribution in [3.05, 3.63) is 66.1 Å². The van der Waals surface area contributed by atoms with Crippen LogP contribution < -0.4 is 5.32 Å². The molecule has 2 nitrogen and oxygen atoms in total. The van der Waals surface area contributed by atoms with Crippen molar-refractivity contribution < 1.29 is 4.39 Å². The van der Waals surface area contributed by atoms with Crippen LogP contribution in [0.1, 0.15) is 5.56 Å². The van der Waals surface area contributed by atoms with E-state index in [-0.39, 0.29) is 5.82 Å². The Morgan fingerprint density at radius 3 is 2.61 bits per heavy atom. The van der Waals surface area contributed by atoms with Crippen molar-refractivity contribution in [1.82, 2.24) is 4.98 Å². The summed E-state index contributed by atoms with van der Waals surface area (Å²) in [4.78, 5) is 3.23. The highest BCUT2D eigenvalue weighted by Gasteiger charge is 2.02. The standard InChI is InChI=1S/C15H13FN2/c16-12-5-7-13(8-6-12)17-9-11-10-18-15-4-2-1-3-14(11)15/h1-8,10,17-18H,9H2. The molecule has 0 aliphatic rings. The van der Waals surface area contributed by atoms with Gasteiger partial charge in [-0.15, -0.1) is 0 Å². The zero-order valence-corrected chi connectivity index (χ0v) is 9.78. The Morgan fingerprint density at radius 2 is 1.78 bits per heavy atom. The van der Waals surface area contributed by atoms with E-state index < -0.39 is 0 Å².